The van der Waals surface area contributed by atoms with Crippen molar-refractivity contribution in [1.29, 1.82) is 0 Å². The van der Waals surface area contributed by atoms with Crippen molar-refractivity contribution in [2.45, 2.75) is 45.1 Å². The summed E-state index contributed by atoms with van der Waals surface area (Å²) in [4.78, 5) is 4.08. The minimum atomic E-state index is 0.504. The van der Waals surface area contributed by atoms with Gasteiger partial charge in [-0.25, -0.2) is 0 Å². The van der Waals surface area contributed by atoms with Gasteiger partial charge < -0.3 is 10.1 Å². The maximum absolute atomic E-state index is 5.87. The number of anilines is 1. The molecular formula is C14H22N2O. The number of nitrogens with zero attached hydrogens (tertiary/aromatic N) is 1. The molecule has 1 aromatic heterocycles. The second-order valence-corrected chi connectivity index (χ2v) is 4.75. The van der Waals surface area contributed by atoms with Crippen molar-refractivity contribution in [2.24, 2.45) is 0 Å². The lowest BCUT2D eigenvalue weighted by Gasteiger charge is -2.22. The summed E-state index contributed by atoms with van der Waals surface area (Å²) in [5.41, 5.74) is 2.34. The molecule has 0 saturated heterocycles. The summed E-state index contributed by atoms with van der Waals surface area (Å²) >= 11 is 0. The number of hydrogen-bond acceptors (Lipinski definition) is 3. The molecular weight excluding hydrogens is 212 g/mol. The van der Waals surface area contributed by atoms with Gasteiger partial charge in [-0.1, -0.05) is 19.3 Å². The van der Waals surface area contributed by atoms with Crippen LogP contribution in [0.25, 0.3) is 0 Å². The fourth-order valence-electron chi connectivity index (χ4n) is 2.31. The van der Waals surface area contributed by atoms with Crippen LogP contribution in [0.1, 0.15) is 37.7 Å². The van der Waals surface area contributed by atoms with Crippen LogP contribution in [0.2, 0.25) is 0 Å². The molecule has 0 bridgehead atoms. The first-order chi connectivity index (χ1) is 8.36. The third kappa shape index (κ3) is 4.00. The fourth-order valence-corrected chi connectivity index (χ4v) is 2.31. The molecule has 3 nitrogen and oxygen atoms in total. The summed E-state index contributed by atoms with van der Waals surface area (Å²) in [5, 5.41) is 3.39. The van der Waals surface area contributed by atoms with Crippen LogP contribution in [0.3, 0.4) is 0 Å². The average molecular weight is 234 g/mol. The molecule has 1 saturated carbocycles. The number of aromatic nitrogens is 1. The molecule has 1 aromatic rings. The van der Waals surface area contributed by atoms with Crippen LogP contribution in [0, 0.1) is 6.92 Å². The molecule has 0 aromatic carbocycles. The van der Waals surface area contributed by atoms with Gasteiger partial charge in [0.1, 0.15) is 0 Å². The molecule has 0 radical (unpaired) electrons. The lowest BCUT2D eigenvalue weighted by Crippen LogP contribution is -2.20. The van der Waals surface area contributed by atoms with Crippen molar-refractivity contribution in [1.82, 2.24) is 4.98 Å². The number of rotatable bonds is 5. The Morgan fingerprint density at radius 1 is 1.35 bits per heavy atom. The van der Waals surface area contributed by atoms with Crippen LogP contribution in [-0.2, 0) is 4.74 Å². The number of pyridine rings is 1. The summed E-state index contributed by atoms with van der Waals surface area (Å²) in [6, 6.07) is 2.01. The van der Waals surface area contributed by atoms with Gasteiger partial charge in [0, 0.05) is 24.6 Å². The van der Waals surface area contributed by atoms with E-state index in [0.29, 0.717) is 6.10 Å². The maximum atomic E-state index is 5.87. The fraction of sp³-hybridized carbons (Fsp3) is 0.643. The number of nitrogens with one attached hydrogen (secondary N) is 1. The lowest BCUT2D eigenvalue weighted by atomic mass is 9.98. The molecule has 17 heavy (non-hydrogen) atoms. The van der Waals surface area contributed by atoms with Crippen LogP contribution in [0.15, 0.2) is 18.5 Å². The monoisotopic (exact) mass is 234 g/mol. The predicted molar refractivity (Wildman–Crippen MR) is 70.3 cm³/mol. The van der Waals surface area contributed by atoms with Crippen LogP contribution in [0.5, 0.6) is 0 Å². The van der Waals surface area contributed by atoms with E-state index in [1.54, 1.807) is 0 Å². The number of ether oxygens (including phenoxy) is 1. The number of aryl methyl sites for hydroxylation is 1. The Labute approximate surface area is 104 Å². The molecule has 2 rings (SSSR count). The third-order valence-corrected chi connectivity index (χ3v) is 3.34. The maximum Gasteiger partial charge on any atom is 0.0642 e. The minimum Gasteiger partial charge on any atom is -0.382 e. The Balaban J connectivity index is 1.64. The predicted octanol–water partition coefficient (Wildman–Crippen LogP) is 3.15. The third-order valence-electron chi connectivity index (χ3n) is 3.34. The zero-order valence-electron chi connectivity index (χ0n) is 10.6. The first-order valence-electron chi connectivity index (χ1n) is 6.62. The highest BCUT2D eigenvalue weighted by Gasteiger charge is 2.12. The topological polar surface area (TPSA) is 34.2 Å². The van der Waals surface area contributed by atoms with E-state index in [1.165, 1.54) is 37.7 Å². The van der Waals surface area contributed by atoms with Crippen molar-refractivity contribution in [3.05, 3.63) is 24.0 Å². The van der Waals surface area contributed by atoms with Gasteiger partial charge in [0.05, 0.1) is 12.7 Å². The Morgan fingerprint density at radius 2 is 2.18 bits per heavy atom. The molecule has 94 valence electrons. The standard InChI is InChI=1S/C14H22N2O/c1-12-11-15-8-7-14(12)16-9-10-17-13-5-3-2-4-6-13/h7-8,11,13H,2-6,9-10H2,1H3,(H,15,16). The van der Waals surface area contributed by atoms with Crippen molar-refractivity contribution < 1.29 is 4.74 Å². The molecule has 1 fully saturated rings. The molecule has 1 heterocycles. The van der Waals surface area contributed by atoms with Gasteiger partial charge in [-0.2, -0.15) is 0 Å². The quantitative estimate of drug-likeness (QED) is 0.795. The van der Waals surface area contributed by atoms with E-state index < -0.39 is 0 Å². The second kappa shape index (κ2) is 6.60. The summed E-state index contributed by atoms with van der Waals surface area (Å²) in [6.07, 6.45) is 10.7. The minimum absolute atomic E-state index is 0.504. The van der Waals surface area contributed by atoms with Gasteiger partial charge in [0.25, 0.3) is 0 Å². The van der Waals surface area contributed by atoms with Crippen LogP contribution >= 0.6 is 0 Å². The van der Waals surface area contributed by atoms with Crippen molar-refractivity contribution in [3.8, 4) is 0 Å². The van der Waals surface area contributed by atoms with E-state index in [9.17, 15) is 0 Å². The SMILES string of the molecule is Cc1cnccc1NCCOC1CCCCC1. The van der Waals surface area contributed by atoms with Crippen LogP contribution in [-0.4, -0.2) is 24.2 Å². The molecule has 0 unspecified atom stereocenters. The largest absolute Gasteiger partial charge is 0.382 e. The van der Waals surface area contributed by atoms with Gasteiger partial charge in [-0.05, 0) is 31.4 Å². The lowest BCUT2D eigenvalue weighted by molar-refractivity contribution is 0.0347. The van der Waals surface area contributed by atoms with Crippen molar-refractivity contribution in [3.63, 3.8) is 0 Å². The molecule has 1 N–H and O–H groups in total. The highest BCUT2D eigenvalue weighted by atomic mass is 16.5. The van der Waals surface area contributed by atoms with Crippen molar-refractivity contribution in [2.75, 3.05) is 18.5 Å². The summed E-state index contributed by atoms with van der Waals surface area (Å²) < 4.78 is 5.87. The van der Waals surface area contributed by atoms with E-state index >= 15 is 0 Å². The zero-order valence-corrected chi connectivity index (χ0v) is 10.6. The smallest absolute Gasteiger partial charge is 0.0642 e. The van der Waals surface area contributed by atoms with Gasteiger partial charge in [0.15, 0.2) is 0 Å². The van der Waals surface area contributed by atoms with Gasteiger partial charge in [-0.15, -0.1) is 0 Å². The Bertz CT molecular complexity index is 335. The average Bonchev–Trinajstić information content (AvgIpc) is 2.38. The van der Waals surface area contributed by atoms with Crippen LogP contribution < -0.4 is 5.32 Å². The van der Waals surface area contributed by atoms with E-state index in [1.807, 2.05) is 18.5 Å². The van der Waals surface area contributed by atoms with Gasteiger partial charge in [-0.3, -0.25) is 4.98 Å². The Hall–Kier alpha value is -1.09. The molecule has 1 aliphatic rings. The second-order valence-electron chi connectivity index (χ2n) is 4.75. The molecule has 1 aliphatic carbocycles. The van der Waals surface area contributed by atoms with E-state index in [0.717, 1.165) is 18.8 Å². The normalized spacial score (nSPS) is 17.0. The molecule has 0 atom stereocenters. The van der Waals surface area contributed by atoms with Crippen LogP contribution in [0.4, 0.5) is 5.69 Å². The summed E-state index contributed by atoms with van der Waals surface area (Å²) in [5.74, 6) is 0. The molecule has 0 amide bonds. The molecule has 3 heteroatoms. The van der Waals surface area contributed by atoms with Crippen molar-refractivity contribution >= 4 is 5.69 Å². The first-order valence-corrected chi connectivity index (χ1v) is 6.62. The van der Waals surface area contributed by atoms with E-state index in [2.05, 4.69) is 17.2 Å². The summed E-state index contributed by atoms with van der Waals surface area (Å²) in [7, 11) is 0. The highest BCUT2D eigenvalue weighted by Crippen LogP contribution is 2.20. The summed E-state index contributed by atoms with van der Waals surface area (Å²) in [6.45, 7) is 3.74. The highest BCUT2D eigenvalue weighted by molar-refractivity contribution is 5.48. The molecule has 0 spiro atoms. The van der Waals surface area contributed by atoms with Gasteiger partial charge >= 0.3 is 0 Å². The Kier molecular flexibility index (Phi) is 4.80. The van der Waals surface area contributed by atoms with E-state index in [-0.39, 0.29) is 0 Å². The zero-order chi connectivity index (χ0) is 11.9. The van der Waals surface area contributed by atoms with Gasteiger partial charge in [0.2, 0.25) is 0 Å². The molecule has 0 aliphatic heterocycles. The number of hydrogen-bond donors (Lipinski definition) is 1. The van der Waals surface area contributed by atoms with E-state index in [4.69, 9.17) is 4.74 Å². The Morgan fingerprint density at radius 3 is 2.94 bits per heavy atom. The first kappa shape index (κ1) is 12.4.